The lowest BCUT2D eigenvalue weighted by Crippen LogP contribution is -2.30. The molecule has 0 bridgehead atoms. The van der Waals surface area contributed by atoms with Crippen LogP contribution >= 0.6 is 0 Å². The van der Waals surface area contributed by atoms with Crippen molar-refractivity contribution >= 4 is 17.9 Å². The number of unbranched alkanes of at least 4 members (excludes halogenated alkanes) is 35. The molecule has 0 heterocycles. The Hall–Kier alpha value is -2.63. The minimum atomic E-state index is -0.785. The van der Waals surface area contributed by atoms with Crippen LogP contribution < -0.4 is 0 Å². The fraction of sp³-hybridized carbons (Fsp3) is 0.814. The van der Waals surface area contributed by atoms with Gasteiger partial charge in [0.05, 0.1) is 0 Å². The molecule has 0 spiro atoms. The highest BCUT2D eigenvalue weighted by Crippen LogP contribution is 2.17. The lowest BCUT2D eigenvalue weighted by molar-refractivity contribution is -0.167. The van der Waals surface area contributed by atoms with Gasteiger partial charge in [0, 0.05) is 19.3 Å². The summed E-state index contributed by atoms with van der Waals surface area (Å²) in [6, 6.07) is 0. The molecule has 0 rings (SSSR count). The van der Waals surface area contributed by atoms with Crippen LogP contribution in [0.2, 0.25) is 0 Å². The summed E-state index contributed by atoms with van der Waals surface area (Å²) in [6.45, 7) is 6.50. The molecule has 0 radical (unpaired) electrons. The van der Waals surface area contributed by atoms with E-state index < -0.39 is 6.10 Å². The van der Waals surface area contributed by atoms with E-state index in [1.807, 2.05) is 30.4 Å². The number of carbonyl (C=O) groups excluding carboxylic acids is 3. The van der Waals surface area contributed by atoms with Crippen molar-refractivity contribution in [3.63, 3.8) is 0 Å². The lowest BCUT2D eigenvalue weighted by Gasteiger charge is -2.18. The van der Waals surface area contributed by atoms with Crippen molar-refractivity contribution in [2.45, 2.75) is 297 Å². The first kappa shape index (κ1) is 62.4. The summed E-state index contributed by atoms with van der Waals surface area (Å²) in [6.07, 6.45) is 65.3. The Balaban J connectivity index is 4.34. The average molecular weight is 911 g/mol. The van der Waals surface area contributed by atoms with Crippen LogP contribution in [0, 0.1) is 0 Å². The lowest BCUT2D eigenvalue weighted by atomic mass is 10.0. The topological polar surface area (TPSA) is 78.9 Å². The van der Waals surface area contributed by atoms with Gasteiger partial charge in [-0.25, -0.2) is 0 Å². The van der Waals surface area contributed by atoms with Crippen LogP contribution in [0.4, 0.5) is 0 Å². The van der Waals surface area contributed by atoms with Gasteiger partial charge in [0.1, 0.15) is 13.2 Å². The third kappa shape index (κ3) is 52.2. The fourth-order valence-corrected chi connectivity index (χ4v) is 8.22. The van der Waals surface area contributed by atoms with E-state index in [0.717, 1.165) is 70.6 Å². The van der Waals surface area contributed by atoms with Gasteiger partial charge in [-0.15, -0.1) is 0 Å². The molecule has 1 unspecified atom stereocenters. The second-order valence-electron chi connectivity index (χ2n) is 18.9. The number of carbonyl (C=O) groups is 3. The first-order chi connectivity index (χ1) is 32.0. The SMILES string of the molecule is CC/C=C/C=C/C=C/C=C/CCCCCC(=O)OCC(COC(=O)CCCCCCCCCCCCCCCCCCCCC)OC(=O)CCCCCCCCCCCCCCCCC. The molecule has 0 saturated carbocycles. The first-order valence-electron chi connectivity index (χ1n) is 28.2. The Labute approximate surface area is 403 Å². The third-order valence-electron chi connectivity index (χ3n) is 12.4. The average Bonchev–Trinajstić information content (AvgIpc) is 3.30. The van der Waals surface area contributed by atoms with Crippen molar-refractivity contribution in [3.05, 3.63) is 48.6 Å². The minimum absolute atomic E-state index is 0.0815. The van der Waals surface area contributed by atoms with Crippen LogP contribution in [0.15, 0.2) is 48.6 Å². The van der Waals surface area contributed by atoms with Gasteiger partial charge in [-0.2, -0.15) is 0 Å². The van der Waals surface area contributed by atoms with Gasteiger partial charge in [-0.3, -0.25) is 14.4 Å². The molecule has 1 atom stereocenters. The number of rotatable bonds is 51. The molecular formula is C59H106O6. The van der Waals surface area contributed by atoms with E-state index in [9.17, 15) is 14.4 Å². The monoisotopic (exact) mass is 911 g/mol. The quantitative estimate of drug-likeness (QED) is 0.0262. The Bertz CT molecular complexity index is 1140. The summed E-state index contributed by atoms with van der Waals surface area (Å²) in [7, 11) is 0. The molecular weight excluding hydrogens is 805 g/mol. The Morgan fingerprint density at radius 2 is 0.600 bits per heavy atom. The molecule has 0 aliphatic rings. The number of ether oxygens (including phenoxy) is 3. The van der Waals surface area contributed by atoms with Gasteiger partial charge in [-0.1, -0.05) is 281 Å². The van der Waals surface area contributed by atoms with Gasteiger partial charge in [0.2, 0.25) is 0 Å². The Kier molecular flexibility index (Phi) is 51.8. The molecule has 6 nitrogen and oxygen atoms in total. The van der Waals surface area contributed by atoms with E-state index in [-0.39, 0.29) is 31.1 Å². The molecule has 6 heteroatoms. The van der Waals surface area contributed by atoms with E-state index in [4.69, 9.17) is 14.2 Å². The standard InChI is InChI=1S/C59H106O6/c1-4-7-10-13-16-19-22-25-27-28-29-30-32-34-37-40-43-46-49-52-58(61)64-55-56(54-63-57(60)51-48-45-42-39-36-33-24-21-18-15-12-9-6-3)65-59(62)53-50-47-44-41-38-35-31-26-23-20-17-14-11-8-5-2/h9,12,15,18,21,24,33,36,56H,4-8,10-11,13-14,16-17,19-20,22-23,25-32,34-35,37-55H2,1-3H3/b12-9+,18-15+,24-21+,36-33+. The third-order valence-corrected chi connectivity index (χ3v) is 12.4. The smallest absolute Gasteiger partial charge is 0.306 e. The molecule has 0 aromatic carbocycles. The van der Waals surface area contributed by atoms with E-state index in [2.05, 4.69) is 39.0 Å². The number of hydrogen-bond acceptors (Lipinski definition) is 6. The summed E-state index contributed by atoms with van der Waals surface area (Å²) in [5.41, 5.74) is 0. The maximum atomic E-state index is 12.8. The highest BCUT2D eigenvalue weighted by atomic mass is 16.6. The van der Waals surface area contributed by atoms with Crippen LogP contribution in [0.5, 0.6) is 0 Å². The van der Waals surface area contributed by atoms with E-state index in [1.54, 1.807) is 0 Å². The maximum absolute atomic E-state index is 12.8. The number of allylic oxidation sites excluding steroid dienone is 8. The summed E-state index contributed by atoms with van der Waals surface area (Å²) >= 11 is 0. The first-order valence-corrected chi connectivity index (χ1v) is 28.2. The molecule has 0 aliphatic heterocycles. The zero-order valence-corrected chi connectivity index (χ0v) is 43.3. The molecule has 0 aromatic heterocycles. The van der Waals surface area contributed by atoms with E-state index >= 15 is 0 Å². The Morgan fingerprint density at radius 1 is 0.323 bits per heavy atom. The second-order valence-corrected chi connectivity index (χ2v) is 18.9. The molecule has 0 N–H and O–H groups in total. The van der Waals surface area contributed by atoms with E-state index in [0.29, 0.717) is 19.3 Å². The predicted molar refractivity (Wildman–Crippen MR) is 279 cm³/mol. The van der Waals surface area contributed by atoms with Crippen molar-refractivity contribution in [1.82, 2.24) is 0 Å². The largest absolute Gasteiger partial charge is 0.462 e. The minimum Gasteiger partial charge on any atom is -0.462 e. The van der Waals surface area contributed by atoms with Crippen LogP contribution in [-0.2, 0) is 28.6 Å². The van der Waals surface area contributed by atoms with Gasteiger partial charge >= 0.3 is 17.9 Å². The highest BCUT2D eigenvalue weighted by molar-refractivity contribution is 5.71. The summed E-state index contributed by atoms with van der Waals surface area (Å²) in [4.78, 5) is 38.1. The molecule has 65 heavy (non-hydrogen) atoms. The normalized spacial score (nSPS) is 12.4. The fourth-order valence-electron chi connectivity index (χ4n) is 8.22. The number of hydrogen-bond donors (Lipinski definition) is 0. The molecule has 0 saturated heterocycles. The van der Waals surface area contributed by atoms with Gasteiger partial charge < -0.3 is 14.2 Å². The Morgan fingerprint density at radius 3 is 0.938 bits per heavy atom. The second kappa shape index (κ2) is 54.0. The van der Waals surface area contributed by atoms with E-state index in [1.165, 1.54) is 180 Å². The summed E-state index contributed by atoms with van der Waals surface area (Å²) < 4.78 is 16.8. The highest BCUT2D eigenvalue weighted by Gasteiger charge is 2.19. The van der Waals surface area contributed by atoms with Crippen LogP contribution in [0.3, 0.4) is 0 Å². The zero-order valence-electron chi connectivity index (χ0n) is 43.3. The van der Waals surface area contributed by atoms with Gasteiger partial charge in [-0.05, 0) is 38.5 Å². The van der Waals surface area contributed by atoms with Crippen molar-refractivity contribution in [3.8, 4) is 0 Å². The molecule has 378 valence electrons. The van der Waals surface area contributed by atoms with Crippen LogP contribution in [-0.4, -0.2) is 37.2 Å². The molecule has 0 fully saturated rings. The van der Waals surface area contributed by atoms with Gasteiger partial charge in [0.25, 0.3) is 0 Å². The van der Waals surface area contributed by atoms with Gasteiger partial charge in [0.15, 0.2) is 6.10 Å². The zero-order chi connectivity index (χ0) is 47.2. The van der Waals surface area contributed by atoms with Crippen LogP contribution in [0.25, 0.3) is 0 Å². The van der Waals surface area contributed by atoms with Crippen molar-refractivity contribution < 1.29 is 28.6 Å². The summed E-state index contributed by atoms with van der Waals surface area (Å²) in [5, 5.41) is 0. The molecule has 0 aliphatic carbocycles. The number of esters is 3. The molecule has 0 amide bonds. The maximum Gasteiger partial charge on any atom is 0.306 e. The van der Waals surface area contributed by atoms with Crippen molar-refractivity contribution in [2.24, 2.45) is 0 Å². The summed E-state index contributed by atoms with van der Waals surface area (Å²) in [5.74, 6) is -0.906. The van der Waals surface area contributed by atoms with Crippen LogP contribution in [0.1, 0.15) is 290 Å². The van der Waals surface area contributed by atoms with Crippen molar-refractivity contribution in [2.75, 3.05) is 13.2 Å². The molecule has 0 aromatic rings. The predicted octanol–water partition coefficient (Wildman–Crippen LogP) is 18.7. The van der Waals surface area contributed by atoms with Crippen molar-refractivity contribution in [1.29, 1.82) is 0 Å².